The highest BCUT2D eigenvalue weighted by Gasteiger charge is 2.18. The number of hydrazine groups is 1. The predicted octanol–water partition coefficient (Wildman–Crippen LogP) is 3.09. The number of pyridine rings is 1. The van der Waals surface area contributed by atoms with Crippen molar-refractivity contribution in [3.63, 3.8) is 0 Å². The van der Waals surface area contributed by atoms with Gasteiger partial charge in [0.15, 0.2) is 0 Å². The Kier molecular flexibility index (Phi) is 7.32. The van der Waals surface area contributed by atoms with Gasteiger partial charge in [0.2, 0.25) is 5.89 Å². The van der Waals surface area contributed by atoms with Crippen molar-refractivity contribution in [2.75, 3.05) is 7.05 Å². The Labute approximate surface area is 199 Å². The average molecular weight is 464 g/mol. The quantitative estimate of drug-likeness (QED) is 0.345. The fourth-order valence-corrected chi connectivity index (χ4v) is 4.18. The lowest BCUT2D eigenvalue weighted by Crippen LogP contribution is -2.32. The molecule has 9 nitrogen and oxygen atoms in total. The van der Waals surface area contributed by atoms with E-state index < -0.39 is 0 Å². The van der Waals surface area contributed by atoms with Gasteiger partial charge in [-0.05, 0) is 50.3 Å². The normalized spacial score (nSPS) is 15.1. The first-order chi connectivity index (χ1) is 16.4. The summed E-state index contributed by atoms with van der Waals surface area (Å²) in [6.07, 6.45) is 6.62. The number of rotatable bonds is 8. The Morgan fingerprint density at radius 1 is 1.18 bits per heavy atom. The summed E-state index contributed by atoms with van der Waals surface area (Å²) >= 11 is 0. The van der Waals surface area contributed by atoms with E-state index in [0.29, 0.717) is 29.4 Å². The van der Waals surface area contributed by atoms with Crippen LogP contribution in [0, 0.1) is 12.3 Å². The molecule has 0 radical (unpaired) electrons. The molecule has 1 aliphatic carbocycles. The van der Waals surface area contributed by atoms with E-state index in [-0.39, 0.29) is 18.3 Å². The first-order valence-electron chi connectivity index (χ1n) is 11.7. The highest BCUT2D eigenvalue weighted by molar-refractivity contribution is 5.63. The van der Waals surface area contributed by atoms with Gasteiger partial charge < -0.3 is 19.9 Å². The van der Waals surface area contributed by atoms with Crippen molar-refractivity contribution in [3.05, 3.63) is 76.7 Å². The highest BCUT2D eigenvalue weighted by atomic mass is 16.5. The number of likely N-dealkylation sites (N-methyl/N-ethyl adjacent to an activating group) is 1. The van der Waals surface area contributed by atoms with Crippen LogP contribution in [0.1, 0.15) is 54.9 Å². The smallest absolute Gasteiger partial charge is 0.312 e. The summed E-state index contributed by atoms with van der Waals surface area (Å²) in [4.78, 5) is 4.68. The molecule has 0 amide bonds. The van der Waals surface area contributed by atoms with Gasteiger partial charge in [-0.15, -0.1) is 5.10 Å². The molecule has 1 aromatic carbocycles. The summed E-state index contributed by atoms with van der Waals surface area (Å²) < 4.78 is 13.2. The fraction of sp³-hybridized carbons (Fsp3) is 0.400. The Bertz CT molecular complexity index is 1190. The van der Waals surface area contributed by atoms with Crippen molar-refractivity contribution in [2.24, 2.45) is 11.6 Å². The summed E-state index contributed by atoms with van der Waals surface area (Å²) in [5, 5.41) is 14.1. The molecule has 5 N–H and O–H groups in total. The van der Waals surface area contributed by atoms with Gasteiger partial charge in [-0.25, -0.2) is 20.9 Å². The molecule has 2 heterocycles. The topological polar surface area (TPSA) is 132 Å². The van der Waals surface area contributed by atoms with Crippen LogP contribution in [0.4, 0.5) is 0 Å². The minimum absolute atomic E-state index is 0.0709. The van der Waals surface area contributed by atoms with Crippen molar-refractivity contribution >= 4 is 5.70 Å². The van der Waals surface area contributed by atoms with Crippen LogP contribution in [0.5, 0.6) is 5.75 Å². The second-order valence-corrected chi connectivity index (χ2v) is 8.75. The Morgan fingerprint density at radius 3 is 2.59 bits per heavy atom. The van der Waals surface area contributed by atoms with Crippen LogP contribution >= 0.6 is 0 Å². The maximum atomic E-state index is 8.20. The molecular formula is C25H33N7O2. The number of hydrogen-bond donors (Lipinski definition) is 3. The van der Waals surface area contributed by atoms with Crippen molar-refractivity contribution in [1.29, 1.82) is 5.41 Å². The molecule has 2 aromatic heterocycles. The van der Waals surface area contributed by atoms with Crippen LogP contribution in [0.15, 0.2) is 52.6 Å². The third-order valence-corrected chi connectivity index (χ3v) is 6.07. The van der Waals surface area contributed by atoms with Crippen LogP contribution < -0.4 is 22.0 Å². The van der Waals surface area contributed by atoms with Crippen LogP contribution in [0.2, 0.25) is 0 Å². The fourth-order valence-electron chi connectivity index (χ4n) is 4.18. The standard InChI is InChI=1S/C25H33N7O2/c1-17-22(33-19-11-7-4-8-12-19)14-13-20(29-17)24(26)21(31(2)28)16-32-25(27)34-23(30-32)15-18-9-5-3-6-10-18/h3,5-6,9-10,13-14,19,27H,4,7-8,11-12,15-16,26,28H2,1-2H3/b24-21-,27-25?. The molecule has 1 fully saturated rings. The number of allylic oxidation sites excluding steroid dienone is 1. The first-order valence-corrected chi connectivity index (χ1v) is 11.7. The third kappa shape index (κ3) is 5.66. The summed E-state index contributed by atoms with van der Waals surface area (Å²) in [6, 6.07) is 13.6. The third-order valence-electron chi connectivity index (χ3n) is 6.07. The van der Waals surface area contributed by atoms with Gasteiger partial charge in [0.25, 0.3) is 0 Å². The van der Waals surface area contributed by atoms with Gasteiger partial charge in [0, 0.05) is 7.05 Å². The molecule has 0 saturated heterocycles. The molecule has 1 aliphatic rings. The van der Waals surface area contributed by atoms with E-state index >= 15 is 0 Å². The lowest BCUT2D eigenvalue weighted by atomic mass is 9.98. The Hall–Kier alpha value is -3.59. The molecular weight excluding hydrogens is 430 g/mol. The van der Waals surface area contributed by atoms with Crippen molar-refractivity contribution in [1.82, 2.24) is 19.8 Å². The van der Waals surface area contributed by atoms with Crippen molar-refractivity contribution in [2.45, 2.75) is 58.1 Å². The van der Waals surface area contributed by atoms with E-state index in [2.05, 4.69) is 10.1 Å². The number of aryl methyl sites for hydroxylation is 1. The van der Waals surface area contributed by atoms with Gasteiger partial charge in [0.05, 0.1) is 41.9 Å². The maximum Gasteiger partial charge on any atom is 0.312 e. The van der Waals surface area contributed by atoms with Gasteiger partial charge >= 0.3 is 5.68 Å². The van der Waals surface area contributed by atoms with Gasteiger partial charge in [0.1, 0.15) is 5.75 Å². The lowest BCUT2D eigenvalue weighted by molar-refractivity contribution is 0.153. The van der Waals surface area contributed by atoms with E-state index in [1.165, 1.54) is 29.0 Å². The van der Waals surface area contributed by atoms with Crippen LogP contribution in [-0.4, -0.2) is 32.9 Å². The molecule has 9 heteroatoms. The number of nitrogens with two attached hydrogens (primary N) is 2. The molecule has 0 bridgehead atoms. The van der Waals surface area contributed by atoms with Crippen LogP contribution in [-0.2, 0) is 13.0 Å². The van der Waals surface area contributed by atoms with Gasteiger partial charge in [-0.1, -0.05) is 36.8 Å². The Morgan fingerprint density at radius 2 is 1.91 bits per heavy atom. The van der Waals surface area contributed by atoms with E-state index in [1.807, 2.05) is 49.4 Å². The summed E-state index contributed by atoms with van der Waals surface area (Å²) in [6.45, 7) is 2.10. The lowest BCUT2D eigenvalue weighted by Gasteiger charge is -2.24. The SMILES string of the molecule is Cc1nc(/C(N)=C(\Cn2nc(Cc3ccccc3)oc2=N)N(C)N)ccc1OC1CCCCC1. The van der Waals surface area contributed by atoms with Crippen molar-refractivity contribution < 1.29 is 9.15 Å². The summed E-state index contributed by atoms with van der Waals surface area (Å²) in [5.74, 6) is 7.34. The first kappa shape index (κ1) is 23.6. The second kappa shape index (κ2) is 10.6. The monoisotopic (exact) mass is 463 g/mol. The van der Waals surface area contributed by atoms with E-state index in [4.69, 9.17) is 26.1 Å². The molecule has 0 spiro atoms. The predicted molar refractivity (Wildman–Crippen MR) is 129 cm³/mol. The van der Waals surface area contributed by atoms with Gasteiger partial charge in [-0.2, -0.15) is 0 Å². The molecule has 0 aliphatic heterocycles. The molecule has 3 aromatic rings. The second-order valence-electron chi connectivity index (χ2n) is 8.75. The summed E-state index contributed by atoms with van der Waals surface area (Å²) in [5.41, 5.74) is 9.85. The Balaban J connectivity index is 1.54. The minimum atomic E-state index is -0.0709. The molecule has 1 saturated carbocycles. The zero-order chi connectivity index (χ0) is 24.1. The van der Waals surface area contributed by atoms with Crippen LogP contribution in [0.25, 0.3) is 5.70 Å². The molecule has 4 rings (SSSR count). The zero-order valence-corrected chi connectivity index (χ0v) is 19.8. The van der Waals surface area contributed by atoms with E-state index in [0.717, 1.165) is 29.8 Å². The number of nitrogens with one attached hydrogen (secondary N) is 1. The minimum Gasteiger partial charge on any atom is -0.489 e. The molecule has 0 unspecified atom stereocenters. The van der Waals surface area contributed by atoms with E-state index in [1.54, 1.807) is 7.05 Å². The van der Waals surface area contributed by atoms with Crippen LogP contribution in [0.3, 0.4) is 0 Å². The number of benzene rings is 1. The molecule has 34 heavy (non-hydrogen) atoms. The largest absolute Gasteiger partial charge is 0.489 e. The molecule has 0 atom stereocenters. The maximum absolute atomic E-state index is 8.20. The number of ether oxygens (including phenoxy) is 1. The van der Waals surface area contributed by atoms with E-state index in [9.17, 15) is 0 Å². The molecule has 180 valence electrons. The number of hydrogen-bond acceptors (Lipinski definition) is 8. The highest BCUT2D eigenvalue weighted by Crippen LogP contribution is 2.26. The average Bonchev–Trinajstić information content (AvgIpc) is 3.18. The van der Waals surface area contributed by atoms with Gasteiger partial charge in [-0.3, -0.25) is 0 Å². The summed E-state index contributed by atoms with van der Waals surface area (Å²) in [7, 11) is 1.70. The number of nitrogens with zero attached hydrogens (tertiary/aromatic N) is 4. The number of aromatic nitrogens is 3. The van der Waals surface area contributed by atoms with Crippen molar-refractivity contribution in [3.8, 4) is 5.75 Å². The zero-order valence-electron chi connectivity index (χ0n) is 19.8.